The Labute approximate surface area is 127 Å². The number of aryl methyl sites for hydroxylation is 1. The lowest BCUT2D eigenvalue weighted by atomic mass is 10.0. The first-order valence-corrected chi connectivity index (χ1v) is 8.22. The topological polar surface area (TPSA) is 107 Å². The molecule has 0 saturated carbocycles. The van der Waals surface area contributed by atoms with Crippen molar-refractivity contribution < 1.29 is 29.1 Å². The first-order chi connectivity index (χ1) is 10.3. The summed E-state index contributed by atoms with van der Waals surface area (Å²) in [4.78, 5) is 17.8. The van der Waals surface area contributed by atoms with Crippen LogP contribution in [0.25, 0.3) is 0 Å². The van der Waals surface area contributed by atoms with Gasteiger partial charge in [-0.1, -0.05) is 18.2 Å². The quantitative estimate of drug-likeness (QED) is 0.609. The summed E-state index contributed by atoms with van der Waals surface area (Å²) in [5.74, 6) is 0.0941. The number of phenolic OH excluding ortho intramolecular Hbond substituents is 2. The summed E-state index contributed by atoms with van der Waals surface area (Å²) in [6.07, 6.45) is 1.66. The van der Waals surface area contributed by atoms with Gasteiger partial charge in [0.15, 0.2) is 0 Å². The highest BCUT2D eigenvalue weighted by molar-refractivity contribution is 7.46. The van der Waals surface area contributed by atoms with Crippen molar-refractivity contribution in [3.63, 3.8) is 0 Å². The molecule has 2 rings (SSSR count). The van der Waals surface area contributed by atoms with Crippen molar-refractivity contribution in [1.82, 2.24) is 0 Å². The van der Waals surface area contributed by atoms with Gasteiger partial charge in [0.25, 0.3) is 0 Å². The van der Waals surface area contributed by atoms with Crippen molar-refractivity contribution >= 4 is 7.82 Å². The Hall–Kier alpha value is -2.01. The third kappa shape index (κ3) is 4.77. The summed E-state index contributed by atoms with van der Waals surface area (Å²) in [6, 6.07) is 11.2. The van der Waals surface area contributed by atoms with Crippen LogP contribution in [0.1, 0.15) is 17.5 Å². The Morgan fingerprint density at radius 2 is 1.73 bits per heavy atom. The van der Waals surface area contributed by atoms with E-state index in [0.717, 1.165) is 5.56 Å². The summed E-state index contributed by atoms with van der Waals surface area (Å²) in [5, 5.41) is 19.3. The molecule has 0 aliphatic heterocycles. The number of phosphoric ester groups is 1. The van der Waals surface area contributed by atoms with Crippen LogP contribution in [0.5, 0.6) is 17.2 Å². The zero-order chi connectivity index (χ0) is 16.2. The summed E-state index contributed by atoms with van der Waals surface area (Å²) in [6.45, 7) is 0. The second kappa shape index (κ2) is 6.83. The maximum absolute atomic E-state index is 11.0. The average Bonchev–Trinajstić information content (AvgIpc) is 2.40. The molecule has 0 unspecified atom stereocenters. The molecule has 2 aromatic rings. The monoisotopic (exact) mass is 324 g/mol. The molecule has 0 aromatic heterocycles. The van der Waals surface area contributed by atoms with E-state index < -0.39 is 7.82 Å². The molecule has 2 aromatic carbocycles. The number of phenols is 2. The van der Waals surface area contributed by atoms with Crippen LogP contribution in [0, 0.1) is 0 Å². The third-order valence-electron chi connectivity index (χ3n) is 3.13. The first kappa shape index (κ1) is 16.4. The Morgan fingerprint density at radius 3 is 2.41 bits per heavy atom. The van der Waals surface area contributed by atoms with Crippen molar-refractivity contribution in [2.75, 3.05) is 0 Å². The van der Waals surface area contributed by atoms with Crippen LogP contribution in [-0.4, -0.2) is 20.0 Å². The van der Waals surface area contributed by atoms with Gasteiger partial charge in [-0.2, -0.15) is 0 Å². The highest BCUT2D eigenvalue weighted by Crippen LogP contribution is 2.41. The minimum atomic E-state index is -4.68. The SMILES string of the molecule is O=P(O)(O)Oc1cccc(O)c1CCCc1cccc(O)c1. The predicted octanol–water partition coefficient (Wildman–Crippen LogP) is 2.74. The second-order valence-corrected chi connectivity index (χ2v) is 6.02. The van der Waals surface area contributed by atoms with Crippen LogP contribution in [0.3, 0.4) is 0 Å². The van der Waals surface area contributed by atoms with Gasteiger partial charge < -0.3 is 14.7 Å². The molecule has 0 spiro atoms. The number of aromatic hydroxyl groups is 2. The van der Waals surface area contributed by atoms with Gasteiger partial charge >= 0.3 is 7.82 Å². The molecule has 0 fully saturated rings. The van der Waals surface area contributed by atoms with Crippen LogP contribution in [0.2, 0.25) is 0 Å². The molecular weight excluding hydrogens is 307 g/mol. The molecule has 0 amide bonds. The van der Waals surface area contributed by atoms with Gasteiger partial charge in [0.2, 0.25) is 0 Å². The molecule has 0 heterocycles. The molecule has 0 aliphatic rings. The van der Waals surface area contributed by atoms with Crippen LogP contribution in [0.4, 0.5) is 0 Å². The summed E-state index contributed by atoms with van der Waals surface area (Å²) in [7, 11) is -4.68. The molecule has 4 N–H and O–H groups in total. The van der Waals surface area contributed by atoms with E-state index in [-0.39, 0.29) is 17.2 Å². The number of hydrogen-bond acceptors (Lipinski definition) is 4. The molecule has 6 nitrogen and oxygen atoms in total. The van der Waals surface area contributed by atoms with Gasteiger partial charge in [-0.15, -0.1) is 0 Å². The largest absolute Gasteiger partial charge is 0.524 e. The van der Waals surface area contributed by atoms with Crippen molar-refractivity contribution in [2.24, 2.45) is 0 Å². The number of hydrogen-bond donors (Lipinski definition) is 4. The predicted molar refractivity (Wildman–Crippen MR) is 80.9 cm³/mol. The van der Waals surface area contributed by atoms with Gasteiger partial charge in [-0.25, -0.2) is 4.57 Å². The molecule has 0 radical (unpaired) electrons. The van der Waals surface area contributed by atoms with Crippen molar-refractivity contribution in [1.29, 1.82) is 0 Å². The maximum Gasteiger partial charge on any atom is 0.524 e. The molecule has 7 heteroatoms. The van der Waals surface area contributed by atoms with E-state index in [1.54, 1.807) is 18.2 Å². The average molecular weight is 324 g/mol. The summed E-state index contributed by atoms with van der Waals surface area (Å²) < 4.78 is 15.6. The van der Waals surface area contributed by atoms with Gasteiger partial charge in [0.1, 0.15) is 17.2 Å². The fourth-order valence-electron chi connectivity index (χ4n) is 2.20. The number of benzene rings is 2. The zero-order valence-electron chi connectivity index (χ0n) is 11.7. The minimum Gasteiger partial charge on any atom is -0.508 e. The van der Waals surface area contributed by atoms with Crippen LogP contribution < -0.4 is 4.52 Å². The standard InChI is InChI=1S/C15H17O6P/c16-12-6-1-4-11(10-12)5-2-7-13-14(17)8-3-9-15(13)21-22(18,19)20/h1,3-4,6,8-10,16-17H,2,5,7H2,(H2,18,19,20). The van der Waals surface area contributed by atoms with Gasteiger partial charge in [-0.05, 0) is 49.1 Å². The highest BCUT2D eigenvalue weighted by Gasteiger charge is 2.19. The van der Waals surface area contributed by atoms with E-state index in [9.17, 15) is 14.8 Å². The minimum absolute atomic E-state index is 0.0238. The lowest BCUT2D eigenvalue weighted by Crippen LogP contribution is -1.97. The van der Waals surface area contributed by atoms with E-state index in [4.69, 9.17) is 9.79 Å². The van der Waals surface area contributed by atoms with Crippen molar-refractivity contribution in [3.8, 4) is 17.2 Å². The van der Waals surface area contributed by atoms with E-state index in [0.29, 0.717) is 24.8 Å². The lowest BCUT2D eigenvalue weighted by molar-refractivity contribution is 0.281. The van der Waals surface area contributed by atoms with Crippen LogP contribution >= 0.6 is 7.82 Å². The van der Waals surface area contributed by atoms with Gasteiger partial charge in [-0.3, -0.25) is 9.79 Å². The Balaban J connectivity index is 2.07. The third-order valence-corrected chi connectivity index (χ3v) is 3.56. The molecule has 0 aliphatic carbocycles. The molecule has 0 saturated heterocycles. The van der Waals surface area contributed by atoms with Crippen molar-refractivity contribution in [3.05, 3.63) is 53.6 Å². The van der Waals surface area contributed by atoms with E-state index >= 15 is 0 Å². The maximum atomic E-state index is 11.0. The molecule has 22 heavy (non-hydrogen) atoms. The van der Waals surface area contributed by atoms with E-state index in [1.807, 2.05) is 6.07 Å². The fourth-order valence-corrected chi connectivity index (χ4v) is 2.63. The van der Waals surface area contributed by atoms with E-state index in [2.05, 4.69) is 4.52 Å². The Bertz CT molecular complexity index is 694. The lowest BCUT2D eigenvalue weighted by Gasteiger charge is -2.13. The first-order valence-electron chi connectivity index (χ1n) is 6.69. The van der Waals surface area contributed by atoms with Crippen molar-refractivity contribution in [2.45, 2.75) is 19.3 Å². The summed E-state index contributed by atoms with van der Waals surface area (Å²) in [5.41, 5.74) is 1.29. The van der Waals surface area contributed by atoms with Crippen LogP contribution in [-0.2, 0) is 17.4 Å². The molecular formula is C15H17O6P. The highest BCUT2D eigenvalue weighted by atomic mass is 31.2. The number of phosphoric acid groups is 1. The summed E-state index contributed by atoms with van der Waals surface area (Å²) >= 11 is 0. The normalized spacial score (nSPS) is 11.4. The Kier molecular flexibility index (Phi) is 5.08. The molecule has 118 valence electrons. The smallest absolute Gasteiger partial charge is 0.508 e. The van der Waals surface area contributed by atoms with Gasteiger partial charge in [0, 0.05) is 5.56 Å². The van der Waals surface area contributed by atoms with Crippen LogP contribution in [0.15, 0.2) is 42.5 Å². The number of rotatable bonds is 6. The Morgan fingerprint density at radius 1 is 1.00 bits per heavy atom. The molecule has 0 bridgehead atoms. The second-order valence-electron chi connectivity index (χ2n) is 4.86. The fraction of sp³-hybridized carbons (Fsp3) is 0.200. The van der Waals surface area contributed by atoms with Gasteiger partial charge in [0.05, 0.1) is 0 Å². The van der Waals surface area contributed by atoms with E-state index in [1.165, 1.54) is 18.2 Å². The molecule has 0 atom stereocenters. The zero-order valence-corrected chi connectivity index (χ0v) is 12.6.